The maximum atomic E-state index is 4.24. The third-order valence-corrected chi connectivity index (χ3v) is 3.55. The second-order valence-electron chi connectivity index (χ2n) is 5.01. The number of H-pyrrole nitrogens is 1. The largest absolute Gasteiger partial charge is 0.346 e. The van der Waals surface area contributed by atoms with Gasteiger partial charge in [0, 0.05) is 29.4 Å². The van der Waals surface area contributed by atoms with Crippen LogP contribution in [0.2, 0.25) is 0 Å². The van der Waals surface area contributed by atoms with Crippen molar-refractivity contribution in [3.8, 4) is 0 Å². The zero-order valence-corrected chi connectivity index (χ0v) is 18.2. The van der Waals surface area contributed by atoms with E-state index in [1.165, 1.54) is 21.9 Å². The molecule has 0 fully saturated rings. The highest BCUT2D eigenvalue weighted by Gasteiger charge is 1.95. The van der Waals surface area contributed by atoms with Gasteiger partial charge in [-0.05, 0) is 49.2 Å². The highest BCUT2D eigenvalue weighted by Crippen LogP contribution is 2.14. The third kappa shape index (κ3) is 7.22. The lowest BCUT2D eigenvalue weighted by atomic mass is 10.1. The lowest BCUT2D eigenvalue weighted by molar-refractivity contribution is 1.31. The first-order valence-electron chi connectivity index (χ1n) is 9.95. The van der Waals surface area contributed by atoms with Crippen LogP contribution in [-0.4, -0.2) is 15.0 Å². The van der Waals surface area contributed by atoms with Crippen LogP contribution in [0.25, 0.3) is 21.9 Å². The van der Waals surface area contributed by atoms with Crippen molar-refractivity contribution in [1.29, 1.82) is 0 Å². The Morgan fingerprint density at radius 1 is 0.630 bits per heavy atom. The van der Waals surface area contributed by atoms with E-state index in [1.807, 2.05) is 96.5 Å². The van der Waals surface area contributed by atoms with Crippen LogP contribution in [0.5, 0.6) is 0 Å². The summed E-state index contributed by atoms with van der Waals surface area (Å²) in [5.41, 5.74) is 4.61. The van der Waals surface area contributed by atoms with Crippen molar-refractivity contribution < 1.29 is 0 Å². The Kier molecular flexibility index (Phi) is 13.0. The molecule has 1 aromatic carbocycles. The van der Waals surface area contributed by atoms with Crippen molar-refractivity contribution in [1.82, 2.24) is 15.0 Å². The van der Waals surface area contributed by atoms with Crippen LogP contribution in [-0.2, 0) is 0 Å². The van der Waals surface area contributed by atoms with Gasteiger partial charge in [0.1, 0.15) is 5.65 Å². The van der Waals surface area contributed by atoms with Crippen LogP contribution in [0.3, 0.4) is 0 Å². The van der Waals surface area contributed by atoms with E-state index >= 15 is 0 Å². The number of rotatable bonds is 0. The zero-order valence-electron chi connectivity index (χ0n) is 18.2. The molecule has 3 nitrogen and oxygen atoms in total. The van der Waals surface area contributed by atoms with Crippen molar-refractivity contribution in [3.63, 3.8) is 0 Å². The van der Waals surface area contributed by atoms with Crippen molar-refractivity contribution in [2.24, 2.45) is 0 Å². The summed E-state index contributed by atoms with van der Waals surface area (Å²) in [5.74, 6) is 0. The van der Waals surface area contributed by atoms with Crippen molar-refractivity contribution in [2.75, 3.05) is 0 Å². The Morgan fingerprint density at radius 2 is 1.19 bits per heavy atom. The predicted octanol–water partition coefficient (Wildman–Crippen LogP) is 7.49. The molecule has 0 unspecified atom stereocenters. The van der Waals surface area contributed by atoms with E-state index in [0.717, 1.165) is 11.2 Å². The second-order valence-corrected chi connectivity index (χ2v) is 5.01. The molecule has 4 rings (SSSR count). The van der Waals surface area contributed by atoms with E-state index in [2.05, 4.69) is 34.9 Å². The van der Waals surface area contributed by atoms with E-state index in [0.29, 0.717) is 0 Å². The van der Waals surface area contributed by atoms with Crippen LogP contribution in [0.15, 0.2) is 61.1 Å². The molecule has 3 heterocycles. The fourth-order valence-corrected chi connectivity index (χ4v) is 2.34. The van der Waals surface area contributed by atoms with Crippen LogP contribution >= 0.6 is 0 Å². The predicted molar refractivity (Wildman–Crippen MR) is 121 cm³/mol. The first-order chi connectivity index (χ1) is 13.3. The highest BCUT2D eigenvalue weighted by atomic mass is 14.8. The summed E-state index contributed by atoms with van der Waals surface area (Å²) in [5, 5.41) is 2.46. The van der Waals surface area contributed by atoms with E-state index in [9.17, 15) is 0 Å². The number of nitrogens with one attached hydrogen (secondary N) is 1. The Hall–Kier alpha value is -2.68. The van der Waals surface area contributed by atoms with Crippen LogP contribution in [0.1, 0.15) is 52.7 Å². The molecule has 0 amide bonds. The first-order valence-corrected chi connectivity index (χ1v) is 9.95. The van der Waals surface area contributed by atoms with Gasteiger partial charge in [0.15, 0.2) is 0 Å². The average Bonchev–Trinajstić information content (AvgIpc) is 3.24. The van der Waals surface area contributed by atoms with Gasteiger partial charge in [-0.1, -0.05) is 59.7 Å². The van der Waals surface area contributed by atoms with Gasteiger partial charge in [-0.2, -0.15) is 0 Å². The minimum absolute atomic E-state index is 0.972. The third-order valence-electron chi connectivity index (χ3n) is 3.55. The molecule has 0 aliphatic carbocycles. The molecular weight excluding hydrogens is 330 g/mol. The molecular formula is C24H35N3. The molecule has 0 spiro atoms. The number of para-hydroxylation sites is 1. The summed E-state index contributed by atoms with van der Waals surface area (Å²) in [4.78, 5) is 11.4. The van der Waals surface area contributed by atoms with Gasteiger partial charge in [-0.15, -0.1) is 0 Å². The summed E-state index contributed by atoms with van der Waals surface area (Å²) in [6.07, 6.45) is 5.57. The van der Waals surface area contributed by atoms with Gasteiger partial charge in [-0.3, -0.25) is 4.98 Å². The number of hydrogen-bond donors (Lipinski definition) is 1. The van der Waals surface area contributed by atoms with Crippen molar-refractivity contribution in [2.45, 2.75) is 55.4 Å². The van der Waals surface area contributed by atoms with E-state index in [-0.39, 0.29) is 0 Å². The van der Waals surface area contributed by atoms with Gasteiger partial charge in [0.05, 0.1) is 5.52 Å². The number of aryl methyl sites for hydroxylation is 2. The Morgan fingerprint density at radius 3 is 1.78 bits per heavy atom. The molecule has 3 aromatic heterocycles. The lowest BCUT2D eigenvalue weighted by Gasteiger charge is -1.97. The van der Waals surface area contributed by atoms with Gasteiger partial charge in [-0.25, -0.2) is 4.98 Å². The minimum atomic E-state index is 0.972. The van der Waals surface area contributed by atoms with E-state index in [1.54, 1.807) is 0 Å². The number of aromatic nitrogens is 3. The number of fused-ring (bicyclic) bond motifs is 2. The van der Waals surface area contributed by atoms with Crippen LogP contribution in [0.4, 0.5) is 0 Å². The number of benzene rings is 1. The minimum Gasteiger partial charge on any atom is -0.346 e. The van der Waals surface area contributed by atoms with Crippen LogP contribution < -0.4 is 0 Å². The Labute approximate surface area is 164 Å². The summed E-state index contributed by atoms with van der Waals surface area (Å²) >= 11 is 0. The standard InChI is InChI=1S/C10H9N.C8H8N2.3C2H6/c1-8-6-7-11-10-5-3-2-4-9(8)10;1-6-2-4-9-8-7(6)3-5-10-8;3*1-2/h2-7H,1H3;2-5H,1H3,(H,9,10);3*1-2H3. The quantitative estimate of drug-likeness (QED) is 0.350. The number of aromatic amines is 1. The molecule has 0 bridgehead atoms. The maximum absolute atomic E-state index is 4.24. The van der Waals surface area contributed by atoms with Gasteiger partial charge < -0.3 is 4.98 Å². The SMILES string of the molecule is CC.CC.CC.Cc1ccnc2[nH]ccc12.Cc1ccnc2ccccc12. The molecule has 4 aromatic rings. The highest BCUT2D eigenvalue weighted by molar-refractivity contribution is 5.81. The number of nitrogens with zero attached hydrogens (tertiary/aromatic N) is 2. The molecule has 3 heteroatoms. The monoisotopic (exact) mass is 365 g/mol. The molecule has 0 aliphatic heterocycles. The fraction of sp³-hybridized carbons (Fsp3) is 0.333. The summed E-state index contributed by atoms with van der Waals surface area (Å²) in [6, 6.07) is 14.3. The number of hydrogen-bond acceptors (Lipinski definition) is 2. The summed E-state index contributed by atoms with van der Waals surface area (Å²) in [6.45, 7) is 16.2. The molecule has 0 saturated carbocycles. The topological polar surface area (TPSA) is 41.6 Å². The van der Waals surface area contributed by atoms with Crippen LogP contribution in [0, 0.1) is 13.8 Å². The Balaban J connectivity index is 0.000000394. The molecule has 0 aliphatic rings. The van der Waals surface area contributed by atoms with E-state index in [4.69, 9.17) is 0 Å². The average molecular weight is 366 g/mol. The van der Waals surface area contributed by atoms with E-state index < -0.39 is 0 Å². The van der Waals surface area contributed by atoms with Crippen molar-refractivity contribution in [3.05, 3.63) is 72.2 Å². The van der Waals surface area contributed by atoms with Crippen molar-refractivity contribution >= 4 is 21.9 Å². The lowest BCUT2D eigenvalue weighted by Crippen LogP contribution is -1.79. The summed E-state index contributed by atoms with van der Waals surface area (Å²) in [7, 11) is 0. The van der Waals surface area contributed by atoms with Gasteiger partial charge in [0.25, 0.3) is 0 Å². The zero-order chi connectivity index (χ0) is 20.7. The fourth-order valence-electron chi connectivity index (χ4n) is 2.34. The first kappa shape index (κ1) is 24.3. The molecule has 146 valence electrons. The van der Waals surface area contributed by atoms with Gasteiger partial charge in [0.2, 0.25) is 0 Å². The second kappa shape index (κ2) is 14.5. The molecule has 27 heavy (non-hydrogen) atoms. The smallest absolute Gasteiger partial charge is 0.137 e. The molecule has 0 atom stereocenters. The Bertz CT molecular complexity index is 873. The summed E-state index contributed by atoms with van der Waals surface area (Å²) < 4.78 is 0. The van der Waals surface area contributed by atoms with Gasteiger partial charge >= 0.3 is 0 Å². The molecule has 0 radical (unpaired) electrons. The molecule has 1 N–H and O–H groups in total. The normalized spacial score (nSPS) is 8.74. The molecule has 0 saturated heterocycles. The maximum Gasteiger partial charge on any atom is 0.137 e. The number of pyridine rings is 2.